The highest BCUT2D eigenvalue weighted by atomic mass is 19.1. The molecule has 1 N–H and O–H groups in total. The van der Waals surface area contributed by atoms with Crippen molar-refractivity contribution in [1.82, 2.24) is 15.1 Å². The van der Waals surface area contributed by atoms with Crippen molar-refractivity contribution < 1.29 is 13.5 Å². The van der Waals surface area contributed by atoms with E-state index in [4.69, 9.17) is 4.74 Å². The van der Waals surface area contributed by atoms with Gasteiger partial charge >= 0.3 is 0 Å². The number of halogens is 2. The molecule has 0 saturated heterocycles. The quantitative estimate of drug-likeness (QED) is 0.825. The van der Waals surface area contributed by atoms with Crippen LogP contribution in [0.1, 0.15) is 11.3 Å². The van der Waals surface area contributed by atoms with Crippen LogP contribution in [-0.2, 0) is 11.3 Å². The lowest BCUT2D eigenvalue weighted by Gasteiger charge is -2.09. The molecule has 0 aliphatic heterocycles. The zero-order valence-corrected chi connectivity index (χ0v) is 11.5. The average Bonchev–Trinajstić information content (AvgIpc) is 2.80. The Labute approximate surface area is 116 Å². The number of ether oxygens (including phenoxy) is 1. The van der Waals surface area contributed by atoms with Crippen molar-refractivity contribution >= 4 is 0 Å². The molecular weight excluding hydrogens is 264 g/mol. The van der Waals surface area contributed by atoms with Gasteiger partial charge in [0.05, 0.1) is 12.3 Å². The first-order chi connectivity index (χ1) is 9.61. The van der Waals surface area contributed by atoms with E-state index >= 15 is 0 Å². The molecule has 2 aromatic rings. The predicted octanol–water partition coefficient (Wildman–Crippen LogP) is 2.19. The fourth-order valence-corrected chi connectivity index (χ4v) is 1.89. The van der Waals surface area contributed by atoms with Crippen LogP contribution in [0.4, 0.5) is 8.78 Å². The molecule has 0 atom stereocenters. The molecule has 108 valence electrons. The van der Waals surface area contributed by atoms with Gasteiger partial charge in [-0.15, -0.1) is 0 Å². The summed E-state index contributed by atoms with van der Waals surface area (Å²) < 4.78 is 34.2. The van der Waals surface area contributed by atoms with Crippen molar-refractivity contribution in [1.29, 1.82) is 0 Å². The highest BCUT2D eigenvalue weighted by Gasteiger charge is 2.13. The predicted molar refractivity (Wildman–Crippen MR) is 71.8 cm³/mol. The SMILES string of the molecule is COCCNCc1cc(F)c(-n2ccc(C)n2)c(F)c1. The summed E-state index contributed by atoms with van der Waals surface area (Å²) in [5.74, 6) is -1.26. The molecule has 2 rings (SSSR count). The third-order valence-corrected chi connectivity index (χ3v) is 2.84. The number of aryl methyl sites for hydroxylation is 1. The molecule has 1 aromatic carbocycles. The molecule has 0 spiro atoms. The maximum absolute atomic E-state index is 14.0. The van der Waals surface area contributed by atoms with Gasteiger partial charge in [0.2, 0.25) is 0 Å². The summed E-state index contributed by atoms with van der Waals surface area (Å²) in [5.41, 5.74) is 1.09. The van der Waals surface area contributed by atoms with Gasteiger partial charge in [0, 0.05) is 26.4 Å². The lowest BCUT2D eigenvalue weighted by atomic mass is 10.2. The number of benzene rings is 1. The van der Waals surface area contributed by atoms with Gasteiger partial charge < -0.3 is 10.1 Å². The third kappa shape index (κ3) is 3.40. The lowest BCUT2D eigenvalue weighted by molar-refractivity contribution is 0.199. The van der Waals surface area contributed by atoms with E-state index in [0.717, 1.165) is 0 Å². The Kier molecular flexibility index (Phi) is 4.81. The van der Waals surface area contributed by atoms with E-state index < -0.39 is 11.6 Å². The summed E-state index contributed by atoms with van der Waals surface area (Å²) in [7, 11) is 1.60. The van der Waals surface area contributed by atoms with Crippen molar-refractivity contribution in [3.8, 4) is 5.69 Å². The van der Waals surface area contributed by atoms with Gasteiger partial charge in [0.1, 0.15) is 5.69 Å². The minimum absolute atomic E-state index is 0.154. The molecule has 0 amide bonds. The number of methoxy groups -OCH3 is 1. The summed E-state index contributed by atoms with van der Waals surface area (Å²) in [6.45, 7) is 3.32. The van der Waals surface area contributed by atoms with E-state index in [-0.39, 0.29) is 5.69 Å². The molecule has 20 heavy (non-hydrogen) atoms. The van der Waals surface area contributed by atoms with Crippen molar-refractivity contribution in [3.63, 3.8) is 0 Å². The number of nitrogens with zero attached hydrogens (tertiary/aromatic N) is 2. The zero-order valence-electron chi connectivity index (χ0n) is 11.5. The molecule has 0 saturated carbocycles. The van der Waals surface area contributed by atoms with Crippen LogP contribution in [0.15, 0.2) is 24.4 Å². The van der Waals surface area contributed by atoms with Crippen molar-refractivity contribution in [2.24, 2.45) is 0 Å². The van der Waals surface area contributed by atoms with Crippen LogP contribution in [0, 0.1) is 18.6 Å². The van der Waals surface area contributed by atoms with Crippen molar-refractivity contribution in [2.75, 3.05) is 20.3 Å². The largest absolute Gasteiger partial charge is 0.383 e. The Morgan fingerprint density at radius 2 is 2.00 bits per heavy atom. The summed E-state index contributed by atoms with van der Waals surface area (Å²) in [6.07, 6.45) is 1.54. The monoisotopic (exact) mass is 281 g/mol. The Bertz CT molecular complexity index is 561. The summed E-state index contributed by atoms with van der Waals surface area (Å²) in [5, 5.41) is 7.06. The van der Waals surface area contributed by atoms with Gasteiger partial charge in [-0.1, -0.05) is 0 Å². The second-order valence-electron chi connectivity index (χ2n) is 4.48. The smallest absolute Gasteiger partial charge is 0.152 e. The third-order valence-electron chi connectivity index (χ3n) is 2.84. The standard InChI is InChI=1S/C14H17F2N3O/c1-10-3-5-19(18-10)14-12(15)7-11(8-13(14)16)9-17-4-6-20-2/h3,5,7-8,17H,4,6,9H2,1-2H3. The average molecular weight is 281 g/mol. The molecular formula is C14H17F2N3O. The molecule has 0 aliphatic carbocycles. The summed E-state index contributed by atoms with van der Waals surface area (Å²) in [6, 6.07) is 4.32. The molecule has 4 nitrogen and oxygen atoms in total. The molecule has 6 heteroatoms. The van der Waals surface area contributed by atoms with E-state index in [1.54, 1.807) is 20.1 Å². The summed E-state index contributed by atoms with van der Waals surface area (Å²) in [4.78, 5) is 0. The van der Waals surface area contributed by atoms with Crippen LogP contribution in [0.3, 0.4) is 0 Å². The molecule has 0 fully saturated rings. The molecule has 0 bridgehead atoms. The maximum Gasteiger partial charge on any atom is 0.152 e. The highest BCUT2D eigenvalue weighted by molar-refractivity contribution is 5.37. The second-order valence-corrected chi connectivity index (χ2v) is 4.48. The molecule has 0 radical (unpaired) electrons. The Morgan fingerprint density at radius 1 is 1.30 bits per heavy atom. The highest BCUT2D eigenvalue weighted by Crippen LogP contribution is 2.19. The van der Waals surface area contributed by atoms with Gasteiger partial charge in [-0.05, 0) is 30.7 Å². The van der Waals surface area contributed by atoms with Crippen LogP contribution in [-0.4, -0.2) is 30.0 Å². The first kappa shape index (κ1) is 14.6. The summed E-state index contributed by atoms with van der Waals surface area (Å²) >= 11 is 0. The van der Waals surface area contributed by atoms with Crippen molar-refractivity contribution in [3.05, 3.63) is 47.3 Å². The maximum atomic E-state index is 14.0. The number of hydrogen-bond donors (Lipinski definition) is 1. The van der Waals surface area contributed by atoms with Crippen molar-refractivity contribution in [2.45, 2.75) is 13.5 Å². The number of rotatable bonds is 6. The van der Waals surface area contributed by atoms with Crippen LogP contribution in [0.5, 0.6) is 0 Å². The van der Waals surface area contributed by atoms with Gasteiger partial charge in [-0.2, -0.15) is 5.10 Å². The van der Waals surface area contributed by atoms with Crippen LogP contribution >= 0.6 is 0 Å². The molecule has 0 unspecified atom stereocenters. The van der Waals surface area contributed by atoms with E-state index in [2.05, 4.69) is 10.4 Å². The Hall–Kier alpha value is -1.79. The van der Waals surface area contributed by atoms with E-state index in [1.165, 1.54) is 23.0 Å². The van der Waals surface area contributed by atoms with E-state index in [1.807, 2.05) is 0 Å². The number of nitrogens with one attached hydrogen (secondary N) is 1. The minimum atomic E-state index is -0.628. The number of aromatic nitrogens is 2. The minimum Gasteiger partial charge on any atom is -0.383 e. The normalized spacial score (nSPS) is 11.0. The molecule has 1 heterocycles. The first-order valence-electron chi connectivity index (χ1n) is 6.32. The fourth-order valence-electron chi connectivity index (χ4n) is 1.89. The van der Waals surface area contributed by atoms with Gasteiger partial charge in [0.15, 0.2) is 11.6 Å². The molecule has 0 aliphatic rings. The first-order valence-corrected chi connectivity index (χ1v) is 6.32. The zero-order chi connectivity index (χ0) is 14.5. The topological polar surface area (TPSA) is 39.1 Å². The number of hydrogen-bond acceptors (Lipinski definition) is 3. The van der Waals surface area contributed by atoms with Gasteiger partial charge in [-0.25, -0.2) is 13.5 Å². The molecule has 1 aromatic heterocycles. The second kappa shape index (κ2) is 6.58. The Morgan fingerprint density at radius 3 is 2.55 bits per heavy atom. The van der Waals surface area contributed by atoms with E-state index in [9.17, 15) is 8.78 Å². The van der Waals surface area contributed by atoms with Gasteiger partial charge in [0.25, 0.3) is 0 Å². The van der Waals surface area contributed by atoms with Crippen LogP contribution < -0.4 is 5.32 Å². The lowest BCUT2D eigenvalue weighted by Crippen LogP contribution is -2.19. The van der Waals surface area contributed by atoms with E-state index in [0.29, 0.717) is 31.0 Å². The fraction of sp³-hybridized carbons (Fsp3) is 0.357. The Balaban J connectivity index is 2.16. The van der Waals surface area contributed by atoms with Crippen LogP contribution in [0.2, 0.25) is 0 Å². The van der Waals surface area contributed by atoms with Crippen LogP contribution in [0.25, 0.3) is 5.69 Å². The van der Waals surface area contributed by atoms with Gasteiger partial charge in [-0.3, -0.25) is 0 Å².